The van der Waals surface area contributed by atoms with Crippen molar-refractivity contribution >= 4 is 0 Å². The molecule has 0 saturated carbocycles. The number of rotatable bonds is 6. The van der Waals surface area contributed by atoms with Crippen LogP contribution in [0.15, 0.2) is 67.8 Å². The third-order valence-corrected chi connectivity index (χ3v) is 2.97. The van der Waals surface area contributed by atoms with Crippen LogP contribution < -0.4 is 4.74 Å². The van der Waals surface area contributed by atoms with Crippen molar-refractivity contribution in [2.24, 2.45) is 0 Å². The minimum atomic E-state index is 0.276. The Kier molecular flexibility index (Phi) is 4.61. The maximum Gasteiger partial charge on any atom is 0.123 e. The highest BCUT2D eigenvalue weighted by atomic mass is 16.5. The molecule has 0 aliphatic rings. The van der Waals surface area contributed by atoms with E-state index >= 15 is 0 Å². The lowest BCUT2D eigenvalue weighted by molar-refractivity contribution is 0.363. The molecule has 2 rings (SSSR count). The number of hydrogen-bond donors (Lipinski definition) is 1. The predicted octanol–water partition coefficient (Wildman–Crippen LogP) is 4.35. The van der Waals surface area contributed by atoms with Gasteiger partial charge < -0.3 is 9.84 Å². The predicted molar refractivity (Wildman–Crippen MR) is 83.1 cm³/mol. The zero-order valence-electron chi connectivity index (χ0n) is 11.4. The van der Waals surface area contributed by atoms with Crippen molar-refractivity contribution in [3.05, 3.63) is 73.3 Å². The van der Waals surface area contributed by atoms with E-state index in [9.17, 15) is 5.11 Å². The van der Waals surface area contributed by atoms with E-state index in [0.29, 0.717) is 6.61 Å². The second-order valence-electron chi connectivity index (χ2n) is 4.47. The zero-order valence-corrected chi connectivity index (χ0v) is 11.4. The molecule has 2 aromatic rings. The summed E-state index contributed by atoms with van der Waals surface area (Å²) in [7, 11) is 0. The first kappa shape index (κ1) is 13.9. The zero-order chi connectivity index (χ0) is 14.4. The van der Waals surface area contributed by atoms with E-state index in [-0.39, 0.29) is 5.75 Å². The minimum absolute atomic E-state index is 0.276. The van der Waals surface area contributed by atoms with Gasteiger partial charge in [-0.05, 0) is 41.8 Å². The minimum Gasteiger partial charge on any atom is -0.507 e. The first-order chi connectivity index (χ1) is 9.74. The summed E-state index contributed by atoms with van der Waals surface area (Å²) in [5, 5.41) is 10.00. The molecule has 2 nitrogen and oxygen atoms in total. The SMILES string of the molecule is C=CCOc1ccc(-c2cc(CC=C)ccc2O)cc1. The topological polar surface area (TPSA) is 29.5 Å². The fraction of sp³-hybridized carbons (Fsp3) is 0.111. The maximum absolute atomic E-state index is 10.00. The van der Waals surface area contributed by atoms with E-state index in [4.69, 9.17) is 4.74 Å². The van der Waals surface area contributed by atoms with Crippen LogP contribution in [-0.2, 0) is 6.42 Å². The van der Waals surface area contributed by atoms with Crippen LogP contribution in [0.4, 0.5) is 0 Å². The fourth-order valence-electron chi connectivity index (χ4n) is 1.99. The lowest BCUT2D eigenvalue weighted by Crippen LogP contribution is -1.92. The van der Waals surface area contributed by atoms with Crippen LogP contribution in [0.1, 0.15) is 5.56 Å². The van der Waals surface area contributed by atoms with Crippen molar-refractivity contribution in [3.63, 3.8) is 0 Å². The molecule has 0 saturated heterocycles. The second-order valence-corrected chi connectivity index (χ2v) is 4.47. The van der Waals surface area contributed by atoms with Crippen LogP contribution >= 0.6 is 0 Å². The molecule has 0 fully saturated rings. The largest absolute Gasteiger partial charge is 0.507 e. The summed E-state index contributed by atoms with van der Waals surface area (Å²) in [5.41, 5.74) is 2.90. The molecule has 0 unspecified atom stereocenters. The Bertz CT molecular complexity index is 597. The van der Waals surface area contributed by atoms with E-state index in [1.165, 1.54) is 0 Å². The Morgan fingerprint density at radius 3 is 2.40 bits per heavy atom. The van der Waals surface area contributed by atoms with Gasteiger partial charge in [0, 0.05) is 5.56 Å². The van der Waals surface area contributed by atoms with Gasteiger partial charge in [0.1, 0.15) is 18.1 Å². The molecule has 0 amide bonds. The molecular weight excluding hydrogens is 248 g/mol. The average molecular weight is 266 g/mol. The lowest BCUT2D eigenvalue weighted by Gasteiger charge is -2.09. The Balaban J connectivity index is 2.28. The van der Waals surface area contributed by atoms with Crippen molar-refractivity contribution in [2.75, 3.05) is 6.61 Å². The van der Waals surface area contributed by atoms with Crippen LogP contribution in [0.2, 0.25) is 0 Å². The maximum atomic E-state index is 10.00. The third kappa shape index (κ3) is 3.29. The molecular formula is C18H18O2. The fourth-order valence-corrected chi connectivity index (χ4v) is 1.99. The normalized spacial score (nSPS) is 10.0. The standard InChI is InChI=1S/C18H18O2/c1-3-5-14-6-11-18(19)17(13-14)15-7-9-16(10-8-15)20-12-4-2/h3-4,6-11,13,19H,1-2,5,12H2. The number of hydrogen-bond acceptors (Lipinski definition) is 2. The highest BCUT2D eigenvalue weighted by molar-refractivity contribution is 5.71. The van der Waals surface area contributed by atoms with Gasteiger partial charge in [-0.1, -0.05) is 36.9 Å². The molecule has 0 aliphatic heterocycles. The summed E-state index contributed by atoms with van der Waals surface area (Å²) < 4.78 is 5.44. The van der Waals surface area contributed by atoms with E-state index < -0.39 is 0 Å². The van der Waals surface area contributed by atoms with Gasteiger partial charge in [0.25, 0.3) is 0 Å². The number of benzene rings is 2. The number of aromatic hydroxyl groups is 1. The molecule has 0 aliphatic carbocycles. The second kappa shape index (κ2) is 6.62. The van der Waals surface area contributed by atoms with Gasteiger partial charge in [-0.3, -0.25) is 0 Å². The number of ether oxygens (including phenoxy) is 1. The van der Waals surface area contributed by atoms with Gasteiger partial charge in [0.05, 0.1) is 0 Å². The highest BCUT2D eigenvalue weighted by Crippen LogP contribution is 2.31. The summed E-state index contributed by atoms with van der Waals surface area (Å²) in [4.78, 5) is 0. The van der Waals surface area contributed by atoms with Crippen molar-refractivity contribution in [1.29, 1.82) is 0 Å². The molecule has 20 heavy (non-hydrogen) atoms. The van der Waals surface area contributed by atoms with E-state index in [1.54, 1.807) is 12.1 Å². The van der Waals surface area contributed by atoms with Gasteiger partial charge >= 0.3 is 0 Å². The van der Waals surface area contributed by atoms with E-state index in [2.05, 4.69) is 13.2 Å². The van der Waals surface area contributed by atoms with Crippen molar-refractivity contribution in [1.82, 2.24) is 0 Å². The third-order valence-electron chi connectivity index (χ3n) is 2.97. The van der Waals surface area contributed by atoms with E-state index in [1.807, 2.05) is 42.5 Å². The quantitative estimate of drug-likeness (QED) is 0.787. The number of phenolic OH excluding ortho intramolecular Hbond substituents is 1. The molecule has 1 N–H and O–H groups in total. The average Bonchev–Trinajstić information content (AvgIpc) is 2.48. The van der Waals surface area contributed by atoms with Gasteiger partial charge in [0.15, 0.2) is 0 Å². The summed E-state index contributed by atoms with van der Waals surface area (Å²) in [6.45, 7) is 7.83. The molecule has 0 atom stereocenters. The Morgan fingerprint density at radius 1 is 1.00 bits per heavy atom. The summed E-state index contributed by atoms with van der Waals surface area (Å²) in [6, 6.07) is 13.3. The number of phenols is 1. The van der Waals surface area contributed by atoms with Crippen LogP contribution in [0.3, 0.4) is 0 Å². The first-order valence-electron chi connectivity index (χ1n) is 6.51. The molecule has 2 aromatic carbocycles. The van der Waals surface area contributed by atoms with Crippen LogP contribution in [0, 0.1) is 0 Å². The molecule has 102 valence electrons. The van der Waals surface area contributed by atoms with Crippen molar-refractivity contribution in [3.8, 4) is 22.6 Å². The summed E-state index contributed by atoms with van der Waals surface area (Å²) in [6.07, 6.45) is 4.34. The van der Waals surface area contributed by atoms with Gasteiger partial charge in [-0.2, -0.15) is 0 Å². The smallest absolute Gasteiger partial charge is 0.123 e. The molecule has 0 bridgehead atoms. The Morgan fingerprint density at radius 2 is 1.75 bits per heavy atom. The van der Waals surface area contributed by atoms with E-state index in [0.717, 1.165) is 28.9 Å². The summed E-state index contributed by atoms with van der Waals surface area (Å²) >= 11 is 0. The molecule has 0 spiro atoms. The van der Waals surface area contributed by atoms with Gasteiger partial charge in [0.2, 0.25) is 0 Å². The molecule has 0 aromatic heterocycles. The molecule has 0 heterocycles. The van der Waals surface area contributed by atoms with Crippen molar-refractivity contribution < 1.29 is 9.84 Å². The monoisotopic (exact) mass is 266 g/mol. The molecule has 0 radical (unpaired) electrons. The first-order valence-corrected chi connectivity index (χ1v) is 6.51. The van der Waals surface area contributed by atoms with Crippen molar-refractivity contribution in [2.45, 2.75) is 6.42 Å². The van der Waals surface area contributed by atoms with Gasteiger partial charge in [-0.25, -0.2) is 0 Å². The summed E-state index contributed by atoms with van der Waals surface area (Å²) in [5.74, 6) is 1.06. The van der Waals surface area contributed by atoms with Crippen LogP contribution in [0.5, 0.6) is 11.5 Å². The van der Waals surface area contributed by atoms with Crippen LogP contribution in [0.25, 0.3) is 11.1 Å². The lowest BCUT2D eigenvalue weighted by atomic mass is 10.0. The van der Waals surface area contributed by atoms with Crippen LogP contribution in [-0.4, -0.2) is 11.7 Å². The Hall–Kier alpha value is -2.48. The molecule has 2 heteroatoms. The highest BCUT2D eigenvalue weighted by Gasteiger charge is 2.05. The Labute approximate surface area is 119 Å². The van der Waals surface area contributed by atoms with Gasteiger partial charge in [-0.15, -0.1) is 6.58 Å². The number of allylic oxidation sites excluding steroid dienone is 1.